The lowest BCUT2D eigenvalue weighted by atomic mass is 9.92. The third-order valence-corrected chi connectivity index (χ3v) is 4.56. The van der Waals surface area contributed by atoms with E-state index in [4.69, 9.17) is 0 Å². The van der Waals surface area contributed by atoms with Crippen LogP contribution in [0.25, 0.3) is 11.3 Å². The first-order chi connectivity index (χ1) is 12.5. The van der Waals surface area contributed by atoms with Gasteiger partial charge in [-0.2, -0.15) is 0 Å². The number of nitrogens with one attached hydrogen (secondary N) is 3. The van der Waals surface area contributed by atoms with Crippen LogP contribution in [0, 0.1) is 5.92 Å². The van der Waals surface area contributed by atoms with Crippen molar-refractivity contribution in [1.82, 2.24) is 19.9 Å². The minimum atomic E-state index is -0.193. The lowest BCUT2D eigenvalue weighted by Crippen LogP contribution is -2.55. The van der Waals surface area contributed by atoms with Crippen molar-refractivity contribution in [3.8, 4) is 11.3 Å². The monoisotopic (exact) mass is 354 g/mol. The van der Waals surface area contributed by atoms with Crippen molar-refractivity contribution in [2.24, 2.45) is 5.92 Å². The molecule has 0 bridgehead atoms. The van der Waals surface area contributed by atoms with Gasteiger partial charge in [0.2, 0.25) is 11.9 Å². The standard InChI is InChI=1S/C18H22N6O2/c1-4-16(25)24-9-13(10-24)11(2)22-15-7-12(8-21-17(15)26)14-5-6-20-18(19-3)23-14/h4-8,11,13,22H,1,9-10H2,2-3H3,(H,21,26)(H,19,20,23). The molecule has 136 valence electrons. The smallest absolute Gasteiger partial charge is 0.271 e. The molecule has 3 heterocycles. The van der Waals surface area contributed by atoms with Crippen LogP contribution in [-0.2, 0) is 4.79 Å². The van der Waals surface area contributed by atoms with E-state index in [1.54, 1.807) is 36.5 Å². The van der Waals surface area contributed by atoms with E-state index in [9.17, 15) is 9.59 Å². The van der Waals surface area contributed by atoms with Crippen LogP contribution in [0.5, 0.6) is 0 Å². The van der Waals surface area contributed by atoms with Crippen LogP contribution in [0.3, 0.4) is 0 Å². The molecule has 2 aromatic heterocycles. The molecule has 0 radical (unpaired) electrons. The van der Waals surface area contributed by atoms with Gasteiger partial charge in [-0.15, -0.1) is 0 Å². The Morgan fingerprint density at radius 2 is 2.27 bits per heavy atom. The maximum Gasteiger partial charge on any atom is 0.271 e. The predicted molar refractivity (Wildman–Crippen MR) is 101 cm³/mol. The minimum Gasteiger partial charge on any atom is -0.378 e. The quantitative estimate of drug-likeness (QED) is 0.676. The first kappa shape index (κ1) is 17.7. The first-order valence-electron chi connectivity index (χ1n) is 8.43. The third kappa shape index (κ3) is 3.58. The number of carbonyl (C=O) groups is 1. The fourth-order valence-electron chi connectivity index (χ4n) is 2.88. The SMILES string of the molecule is C=CC(=O)N1CC(C(C)Nc2cc(-c3ccnc(NC)n3)c[nH]c2=O)C1. The van der Waals surface area contributed by atoms with Crippen molar-refractivity contribution < 1.29 is 4.79 Å². The van der Waals surface area contributed by atoms with E-state index in [-0.39, 0.29) is 23.4 Å². The third-order valence-electron chi connectivity index (χ3n) is 4.56. The number of hydrogen-bond acceptors (Lipinski definition) is 6. The Bertz CT molecular complexity index is 872. The van der Waals surface area contributed by atoms with Gasteiger partial charge in [0.05, 0.1) is 5.69 Å². The van der Waals surface area contributed by atoms with E-state index in [1.807, 2.05) is 6.92 Å². The van der Waals surface area contributed by atoms with Crippen LogP contribution < -0.4 is 16.2 Å². The van der Waals surface area contributed by atoms with E-state index in [0.29, 0.717) is 30.4 Å². The highest BCUT2D eigenvalue weighted by molar-refractivity contribution is 5.87. The largest absolute Gasteiger partial charge is 0.378 e. The zero-order valence-corrected chi connectivity index (χ0v) is 14.8. The average molecular weight is 354 g/mol. The molecule has 1 aliphatic heterocycles. The highest BCUT2D eigenvalue weighted by atomic mass is 16.2. The van der Waals surface area contributed by atoms with Gasteiger partial charge in [0.15, 0.2) is 0 Å². The van der Waals surface area contributed by atoms with E-state index >= 15 is 0 Å². The van der Waals surface area contributed by atoms with Gasteiger partial charge in [0.1, 0.15) is 5.69 Å². The van der Waals surface area contributed by atoms with Crippen molar-refractivity contribution in [2.75, 3.05) is 30.8 Å². The number of anilines is 2. The molecule has 1 atom stereocenters. The van der Waals surface area contributed by atoms with Crippen LogP contribution in [-0.4, -0.2) is 51.9 Å². The van der Waals surface area contributed by atoms with Crippen LogP contribution in [0.2, 0.25) is 0 Å². The average Bonchev–Trinajstić information content (AvgIpc) is 2.62. The van der Waals surface area contributed by atoms with Gasteiger partial charge in [0, 0.05) is 50.1 Å². The summed E-state index contributed by atoms with van der Waals surface area (Å²) in [6.45, 7) is 6.83. The van der Waals surface area contributed by atoms with Crippen LogP contribution in [0.15, 0.2) is 42.0 Å². The molecule has 1 saturated heterocycles. The molecule has 0 aromatic carbocycles. The van der Waals surface area contributed by atoms with Gasteiger partial charge in [-0.05, 0) is 25.1 Å². The first-order valence-corrected chi connectivity index (χ1v) is 8.43. The number of pyridine rings is 1. The molecular formula is C18H22N6O2. The molecule has 8 nitrogen and oxygen atoms in total. The molecule has 2 aromatic rings. The number of hydrogen-bond donors (Lipinski definition) is 3. The molecule has 8 heteroatoms. The van der Waals surface area contributed by atoms with Crippen molar-refractivity contribution in [1.29, 1.82) is 0 Å². The number of rotatable bonds is 6. The second-order valence-corrected chi connectivity index (χ2v) is 6.29. The van der Waals surface area contributed by atoms with Gasteiger partial charge < -0.3 is 20.5 Å². The summed E-state index contributed by atoms with van der Waals surface area (Å²) in [5.41, 5.74) is 1.79. The van der Waals surface area contributed by atoms with Gasteiger partial charge in [-0.25, -0.2) is 9.97 Å². The molecule has 0 saturated carbocycles. The Morgan fingerprint density at radius 3 is 2.96 bits per heavy atom. The Hall–Kier alpha value is -3.16. The molecule has 0 aliphatic carbocycles. The lowest BCUT2D eigenvalue weighted by Gasteiger charge is -2.42. The topological polar surface area (TPSA) is 103 Å². The predicted octanol–water partition coefficient (Wildman–Crippen LogP) is 1.32. The van der Waals surface area contributed by atoms with Crippen molar-refractivity contribution >= 4 is 17.5 Å². The fourth-order valence-corrected chi connectivity index (χ4v) is 2.88. The summed E-state index contributed by atoms with van der Waals surface area (Å²) in [6.07, 6.45) is 4.62. The summed E-state index contributed by atoms with van der Waals surface area (Å²) in [7, 11) is 1.75. The summed E-state index contributed by atoms with van der Waals surface area (Å²) < 4.78 is 0. The number of amides is 1. The number of aromatic nitrogens is 3. The Balaban J connectivity index is 1.73. The molecular weight excluding hydrogens is 332 g/mol. The molecule has 3 N–H and O–H groups in total. The zero-order chi connectivity index (χ0) is 18.7. The fraction of sp³-hybridized carbons (Fsp3) is 0.333. The van der Waals surface area contributed by atoms with E-state index in [0.717, 1.165) is 5.56 Å². The van der Waals surface area contributed by atoms with Crippen LogP contribution >= 0.6 is 0 Å². The van der Waals surface area contributed by atoms with E-state index in [2.05, 4.69) is 32.2 Å². The van der Waals surface area contributed by atoms with Gasteiger partial charge in [-0.3, -0.25) is 9.59 Å². The van der Waals surface area contributed by atoms with Crippen molar-refractivity contribution in [3.63, 3.8) is 0 Å². The summed E-state index contributed by atoms with van der Waals surface area (Å²) in [5.74, 6) is 0.743. The van der Waals surface area contributed by atoms with Crippen LogP contribution in [0.1, 0.15) is 6.92 Å². The Kier molecular flexibility index (Phi) is 5.01. The second-order valence-electron chi connectivity index (χ2n) is 6.29. The number of H-pyrrole nitrogens is 1. The van der Waals surface area contributed by atoms with Gasteiger partial charge >= 0.3 is 0 Å². The molecule has 0 spiro atoms. The van der Waals surface area contributed by atoms with Crippen molar-refractivity contribution in [3.05, 3.63) is 47.5 Å². The normalized spacial score (nSPS) is 15.1. The molecule has 1 unspecified atom stereocenters. The molecule has 3 rings (SSSR count). The number of likely N-dealkylation sites (tertiary alicyclic amines) is 1. The lowest BCUT2D eigenvalue weighted by molar-refractivity contribution is -0.132. The molecule has 26 heavy (non-hydrogen) atoms. The van der Waals surface area contributed by atoms with E-state index in [1.165, 1.54) is 6.08 Å². The van der Waals surface area contributed by atoms with Crippen molar-refractivity contribution in [2.45, 2.75) is 13.0 Å². The zero-order valence-electron chi connectivity index (χ0n) is 14.8. The summed E-state index contributed by atoms with van der Waals surface area (Å²) in [4.78, 5) is 36.7. The Morgan fingerprint density at radius 1 is 1.50 bits per heavy atom. The molecule has 1 amide bonds. The molecule has 1 aliphatic rings. The highest BCUT2D eigenvalue weighted by Crippen LogP contribution is 2.23. The van der Waals surface area contributed by atoms with E-state index < -0.39 is 0 Å². The number of nitrogens with zero attached hydrogens (tertiary/aromatic N) is 3. The minimum absolute atomic E-state index is 0.0542. The number of aromatic amines is 1. The second kappa shape index (κ2) is 7.38. The Labute approximate surface area is 151 Å². The van der Waals surface area contributed by atoms with Gasteiger partial charge in [0.25, 0.3) is 5.56 Å². The molecule has 1 fully saturated rings. The summed E-state index contributed by atoms with van der Waals surface area (Å²) >= 11 is 0. The maximum atomic E-state index is 12.2. The summed E-state index contributed by atoms with van der Waals surface area (Å²) in [5, 5.41) is 6.16. The van der Waals surface area contributed by atoms with Crippen LogP contribution in [0.4, 0.5) is 11.6 Å². The number of carbonyl (C=O) groups excluding carboxylic acids is 1. The maximum absolute atomic E-state index is 12.2. The van der Waals surface area contributed by atoms with Gasteiger partial charge in [-0.1, -0.05) is 6.58 Å². The summed E-state index contributed by atoms with van der Waals surface area (Å²) in [6, 6.07) is 3.62. The highest BCUT2D eigenvalue weighted by Gasteiger charge is 2.33.